The quantitative estimate of drug-likeness (QED) is 0.331. The minimum absolute atomic E-state index is 0.275. The van der Waals surface area contributed by atoms with E-state index in [4.69, 9.17) is 0 Å². The van der Waals surface area contributed by atoms with Gasteiger partial charge in [0.05, 0.1) is 11.1 Å². The third-order valence-corrected chi connectivity index (χ3v) is 1.49. The molecular formula is C9H8O3. The lowest BCUT2D eigenvalue weighted by molar-refractivity contribution is -0.149. The van der Waals surface area contributed by atoms with E-state index in [0.717, 1.165) is 0 Å². The Morgan fingerprint density at radius 1 is 1.25 bits per heavy atom. The largest absolute Gasteiger partial charge is 0.386 e. The molecule has 0 N–H and O–H groups in total. The van der Waals surface area contributed by atoms with Crippen LogP contribution in [0.3, 0.4) is 0 Å². The van der Waals surface area contributed by atoms with Crippen molar-refractivity contribution in [1.82, 2.24) is 0 Å². The highest BCUT2D eigenvalue weighted by Gasteiger charge is 2.31. The van der Waals surface area contributed by atoms with Crippen LogP contribution >= 0.6 is 0 Å². The fourth-order valence-corrected chi connectivity index (χ4v) is 0.963. The van der Waals surface area contributed by atoms with Crippen LogP contribution in [0.15, 0.2) is 36.0 Å². The van der Waals surface area contributed by atoms with Gasteiger partial charge in [0, 0.05) is 0 Å². The Bertz CT molecular complexity index is 308. The third-order valence-electron chi connectivity index (χ3n) is 1.49. The zero-order chi connectivity index (χ0) is 9.14. The molecule has 1 saturated heterocycles. The van der Waals surface area contributed by atoms with Gasteiger partial charge in [-0.3, -0.25) is 0 Å². The first kappa shape index (κ1) is 8.46. The minimum atomic E-state index is -0.604. The van der Waals surface area contributed by atoms with Crippen LogP contribution in [-0.4, -0.2) is 11.9 Å². The summed E-state index contributed by atoms with van der Waals surface area (Å²) in [6.07, 6.45) is 4.45. The summed E-state index contributed by atoms with van der Waals surface area (Å²) in [6, 6.07) is 0. The molecule has 0 spiro atoms. The number of hydrogen-bond acceptors (Lipinski definition) is 3. The summed E-state index contributed by atoms with van der Waals surface area (Å²) in [6.45, 7) is 5.10. The average molecular weight is 164 g/mol. The highest BCUT2D eigenvalue weighted by Crippen LogP contribution is 2.21. The summed E-state index contributed by atoms with van der Waals surface area (Å²) in [5.74, 6) is -1.19. The number of esters is 2. The molecule has 1 aliphatic rings. The Morgan fingerprint density at radius 3 is 2.33 bits per heavy atom. The number of carbonyl (C=O) groups excluding carboxylic acids is 2. The lowest BCUT2D eigenvalue weighted by atomic mass is 10.1. The fraction of sp³-hybridized carbons (Fsp3) is 0.111. The van der Waals surface area contributed by atoms with E-state index in [9.17, 15) is 9.59 Å². The maximum absolute atomic E-state index is 10.9. The predicted octanol–water partition coefficient (Wildman–Crippen LogP) is 1.13. The lowest BCUT2D eigenvalue weighted by Gasteiger charge is -1.87. The molecule has 0 bridgehead atoms. The van der Waals surface area contributed by atoms with Crippen LogP contribution < -0.4 is 0 Å². The van der Waals surface area contributed by atoms with Gasteiger partial charge in [-0.2, -0.15) is 0 Å². The zero-order valence-corrected chi connectivity index (χ0v) is 6.66. The molecule has 0 atom stereocenters. The zero-order valence-electron chi connectivity index (χ0n) is 6.66. The Morgan fingerprint density at radius 2 is 1.83 bits per heavy atom. The SMILES string of the molecule is C=CC=C1C(=O)OC(=O)C1=CC. The Labute approximate surface area is 70.0 Å². The van der Waals surface area contributed by atoms with Crippen LogP contribution in [0.4, 0.5) is 0 Å². The second-order valence-corrected chi connectivity index (χ2v) is 2.20. The summed E-state index contributed by atoms with van der Waals surface area (Å²) in [5.41, 5.74) is 0.581. The molecular weight excluding hydrogens is 156 g/mol. The van der Waals surface area contributed by atoms with Gasteiger partial charge in [0.15, 0.2) is 0 Å². The molecule has 1 aliphatic heterocycles. The highest BCUT2D eigenvalue weighted by molar-refractivity contribution is 6.18. The number of carbonyl (C=O) groups is 2. The first-order valence-electron chi connectivity index (χ1n) is 3.46. The molecule has 0 aromatic carbocycles. The third kappa shape index (κ3) is 1.21. The molecule has 1 fully saturated rings. The molecule has 0 unspecified atom stereocenters. The molecule has 0 aliphatic carbocycles. The topological polar surface area (TPSA) is 43.4 Å². The summed E-state index contributed by atoms with van der Waals surface area (Å²) >= 11 is 0. The highest BCUT2D eigenvalue weighted by atomic mass is 16.6. The van der Waals surface area contributed by atoms with Crippen molar-refractivity contribution in [2.24, 2.45) is 0 Å². The Hall–Kier alpha value is -1.64. The molecule has 12 heavy (non-hydrogen) atoms. The van der Waals surface area contributed by atoms with Crippen molar-refractivity contribution in [3.63, 3.8) is 0 Å². The Kier molecular flexibility index (Phi) is 2.24. The van der Waals surface area contributed by atoms with Gasteiger partial charge in [-0.15, -0.1) is 0 Å². The number of ether oxygens (including phenoxy) is 1. The van der Waals surface area contributed by atoms with E-state index >= 15 is 0 Å². The minimum Gasteiger partial charge on any atom is -0.386 e. The summed E-state index contributed by atoms with van der Waals surface area (Å²) in [7, 11) is 0. The van der Waals surface area contributed by atoms with Crippen molar-refractivity contribution >= 4 is 11.9 Å². The van der Waals surface area contributed by atoms with E-state index in [2.05, 4.69) is 11.3 Å². The summed E-state index contributed by atoms with van der Waals surface area (Å²) < 4.78 is 4.37. The second kappa shape index (κ2) is 3.17. The van der Waals surface area contributed by atoms with Gasteiger partial charge in [-0.1, -0.05) is 18.7 Å². The Balaban J connectivity index is 3.15. The maximum atomic E-state index is 10.9. The molecule has 0 amide bonds. The van der Waals surface area contributed by atoms with Crippen molar-refractivity contribution in [3.05, 3.63) is 36.0 Å². The maximum Gasteiger partial charge on any atom is 0.346 e. The molecule has 3 nitrogen and oxygen atoms in total. The monoisotopic (exact) mass is 164 g/mol. The van der Waals surface area contributed by atoms with Gasteiger partial charge < -0.3 is 4.74 Å². The molecule has 0 aromatic rings. The van der Waals surface area contributed by atoms with Crippen LogP contribution in [0.1, 0.15) is 6.92 Å². The van der Waals surface area contributed by atoms with E-state index in [1.54, 1.807) is 13.0 Å². The standard InChI is InChI=1S/C9H8O3/c1-3-5-7-6(4-2)8(10)12-9(7)11/h3-5H,1H2,2H3. The molecule has 1 rings (SSSR count). The van der Waals surface area contributed by atoms with Crippen LogP contribution in [-0.2, 0) is 14.3 Å². The van der Waals surface area contributed by atoms with Crippen LogP contribution in [0, 0.1) is 0 Å². The van der Waals surface area contributed by atoms with Gasteiger partial charge in [-0.05, 0) is 13.0 Å². The van der Waals surface area contributed by atoms with Gasteiger partial charge in [0.2, 0.25) is 0 Å². The van der Waals surface area contributed by atoms with Crippen molar-refractivity contribution in [1.29, 1.82) is 0 Å². The smallest absolute Gasteiger partial charge is 0.346 e. The van der Waals surface area contributed by atoms with E-state index in [0.29, 0.717) is 5.57 Å². The van der Waals surface area contributed by atoms with Gasteiger partial charge in [-0.25, -0.2) is 9.59 Å². The van der Waals surface area contributed by atoms with Gasteiger partial charge in [0.25, 0.3) is 0 Å². The van der Waals surface area contributed by atoms with E-state index in [-0.39, 0.29) is 5.57 Å². The summed E-state index contributed by atoms with van der Waals surface area (Å²) in [4.78, 5) is 21.9. The first-order chi connectivity index (χ1) is 5.70. The first-order valence-corrected chi connectivity index (χ1v) is 3.46. The fourth-order valence-electron chi connectivity index (χ4n) is 0.963. The van der Waals surface area contributed by atoms with Gasteiger partial charge in [0.1, 0.15) is 0 Å². The summed E-state index contributed by atoms with van der Waals surface area (Å²) in [5, 5.41) is 0. The van der Waals surface area contributed by atoms with E-state index in [1.165, 1.54) is 12.2 Å². The van der Waals surface area contributed by atoms with Crippen molar-refractivity contribution in [2.45, 2.75) is 6.92 Å². The lowest BCUT2D eigenvalue weighted by Crippen LogP contribution is -1.96. The van der Waals surface area contributed by atoms with E-state index in [1.807, 2.05) is 0 Å². The second-order valence-electron chi connectivity index (χ2n) is 2.20. The predicted molar refractivity (Wildman–Crippen MR) is 43.1 cm³/mol. The van der Waals surface area contributed by atoms with Crippen molar-refractivity contribution in [3.8, 4) is 0 Å². The normalized spacial score (nSPS) is 23.4. The number of hydrogen-bond donors (Lipinski definition) is 0. The van der Waals surface area contributed by atoms with Crippen LogP contribution in [0.5, 0.6) is 0 Å². The molecule has 0 saturated carbocycles. The molecule has 1 heterocycles. The number of allylic oxidation sites excluding steroid dienone is 3. The molecule has 62 valence electrons. The van der Waals surface area contributed by atoms with Crippen molar-refractivity contribution < 1.29 is 14.3 Å². The number of cyclic esters (lactones) is 2. The van der Waals surface area contributed by atoms with Crippen LogP contribution in [0.25, 0.3) is 0 Å². The van der Waals surface area contributed by atoms with Crippen LogP contribution in [0.2, 0.25) is 0 Å². The number of rotatable bonds is 1. The van der Waals surface area contributed by atoms with Crippen molar-refractivity contribution in [2.75, 3.05) is 0 Å². The molecule has 0 radical (unpaired) electrons. The molecule has 3 heteroatoms. The van der Waals surface area contributed by atoms with Gasteiger partial charge >= 0.3 is 11.9 Å². The molecule has 0 aromatic heterocycles. The van der Waals surface area contributed by atoms with E-state index < -0.39 is 11.9 Å². The average Bonchev–Trinajstić information content (AvgIpc) is 2.28.